The molecule has 3 nitrogen and oxygen atoms in total. The molecule has 0 N–H and O–H groups in total. The fraction of sp³-hybridized carbons (Fsp3) is 0.650. The summed E-state index contributed by atoms with van der Waals surface area (Å²) in [6, 6.07) is 5.95. The summed E-state index contributed by atoms with van der Waals surface area (Å²) in [6.45, 7) is 9.42. The zero-order chi connectivity index (χ0) is 18.4. The van der Waals surface area contributed by atoms with Crippen LogP contribution in [0.4, 0.5) is 4.79 Å². The van der Waals surface area contributed by atoms with Gasteiger partial charge in [0.05, 0.1) is 10.0 Å². The molecule has 1 aromatic rings. The smallest absolute Gasteiger partial charge is 0.410 e. The Hall–Kier alpha value is -0.930. The Morgan fingerprint density at radius 2 is 2.04 bits per heavy atom. The maximum atomic E-state index is 12.6. The Bertz CT molecular complexity index is 670. The maximum Gasteiger partial charge on any atom is 0.410 e. The number of carbonyl (C=O) groups excluding carboxylic acids is 1. The van der Waals surface area contributed by atoms with Gasteiger partial charge in [0.2, 0.25) is 0 Å². The number of amides is 1. The molecule has 2 fully saturated rings. The molecule has 3 rings (SSSR count). The van der Waals surface area contributed by atoms with E-state index in [0.29, 0.717) is 28.4 Å². The van der Waals surface area contributed by atoms with Gasteiger partial charge < -0.3 is 9.64 Å². The molecule has 1 saturated heterocycles. The first-order valence-electron chi connectivity index (χ1n) is 9.08. The number of halogens is 2. The van der Waals surface area contributed by atoms with Gasteiger partial charge in [-0.3, -0.25) is 0 Å². The highest BCUT2D eigenvalue weighted by atomic mass is 35.5. The van der Waals surface area contributed by atoms with Crippen molar-refractivity contribution >= 4 is 29.3 Å². The van der Waals surface area contributed by atoms with E-state index in [1.165, 1.54) is 12.0 Å². The van der Waals surface area contributed by atoms with Gasteiger partial charge in [-0.2, -0.15) is 0 Å². The Balaban J connectivity index is 1.90. The van der Waals surface area contributed by atoms with Gasteiger partial charge in [-0.25, -0.2) is 4.79 Å². The van der Waals surface area contributed by atoms with Crippen molar-refractivity contribution in [1.29, 1.82) is 0 Å². The Morgan fingerprint density at radius 1 is 1.32 bits per heavy atom. The molecule has 2 aliphatic rings. The SMILES string of the molecule is CCC1C[C@@H]2CN(C(=O)OC(C)(C)C)C[C@]2(c2ccc(Cl)c(Cl)c2)C1. The van der Waals surface area contributed by atoms with Gasteiger partial charge in [0.1, 0.15) is 5.60 Å². The minimum absolute atomic E-state index is 0.0359. The third-order valence-corrected chi connectivity index (χ3v) is 6.43. The van der Waals surface area contributed by atoms with Crippen LogP contribution >= 0.6 is 23.2 Å². The van der Waals surface area contributed by atoms with E-state index in [9.17, 15) is 4.79 Å². The fourth-order valence-corrected chi connectivity index (χ4v) is 4.83. The lowest BCUT2D eigenvalue weighted by Crippen LogP contribution is -2.38. The van der Waals surface area contributed by atoms with Crippen molar-refractivity contribution < 1.29 is 9.53 Å². The van der Waals surface area contributed by atoms with Crippen LogP contribution in [0.15, 0.2) is 18.2 Å². The number of nitrogens with zero attached hydrogens (tertiary/aromatic N) is 1. The standard InChI is InChI=1S/C20H27Cl2NO2/c1-5-13-8-15-11-23(18(24)25-19(2,3)4)12-20(15,10-13)14-6-7-16(21)17(22)9-14/h6-7,9,13,15H,5,8,10-12H2,1-4H3/t13?,15-,20+/m1/s1. The molecule has 1 amide bonds. The van der Waals surface area contributed by atoms with Crippen LogP contribution in [0.3, 0.4) is 0 Å². The summed E-state index contributed by atoms with van der Waals surface area (Å²) in [5, 5.41) is 1.16. The fourth-order valence-electron chi connectivity index (χ4n) is 4.53. The topological polar surface area (TPSA) is 29.5 Å². The van der Waals surface area contributed by atoms with Gasteiger partial charge >= 0.3 is 6.09 Å². The average Bonchev–Trinajstić information content (AvgIpc) is 3.03. The molecule has 3 atom stereocenters. The first kappa shape index (κ1) is 18.8. The number of fused-ring (bicyclic) bond motifs is 1. The number of carbonyl (C=O) groups is 1. The van der Waals surface area contributed by atoms with Crippen LogP contribution in [0.25, 0.3) is 0 Å². The molecule has 1 heterocycles. The Kier molecular flexibility index (Phi) is 5.02. The second-order valence-corrected chi connectivity index (χ2v) is 9.37. The first-order chi connectivity index (χ1) is 11.6. The summed E-state index contributed by atoms with van der Waals surface area (Å²) in [4.78, 5) is 14.5. The van der Waals surface area contributed by atoms with E-state index in [-0.39, 0.29) is 11.5 Å². The van der Waals surface area contributed by atoms with Gasteiger partial charge in [0.15, 0.2) is 0 Å². The summed E-state index contributed by atoms with van der Waals surface area (Å²) in [5.74, 6) is 1.14. The van der Waals surface area contributed by atoms with Crippen molar-refractivity contribution in [3.05, 3.63) is 33.8 Å². The summed E-state index contributed by atoms with van der Waals surface area (Å²) in [7, 11) is 0. The molecule has 0 radical (unpaired) electrons. The molecule has 0 bridgehead atoms. The predicted octanol–water partition coefficient (Wildman–Crippen LogP) is 5.92. The second-order valence-electron chi connectivity index (χ2n) is 8.56. The first-order valence-corrected chi connectivity index (χ1v) is 9.83. The van der Waals surface area contributed by atoms with E-state index in [1.807, 2.05) is 37.8 Å². The van der Waals surface area contributed by atoms with Crippen LogP contribution in [0.5, 0.6) is 0 Å². The van der Waals surface area contributed by atoms with Gasteiger partial charge in [0, 0.05) is 18.5 Å². The van der Waals surface area contributed by atoms with Crippen molar-refractivity contribution in [1.82, 2.24) is 4.90 Å². The third kappa shape index (κ3) is 3.64. The molecule has 25 heavy (non-hydrogen) atoms. The van der Waals surface area contributed by atoms with E-state index in [0.717, 1.165) is 19.4 Å². The predicted molar refractivity (Wildman–Crippen MR) is 102 cm³/mol. The highest BCUT2D eigenvalue weighted by molar-refractivity contribution is 6.42. The number of hydrogen-bond donors (Lipinski definition) is 0. The van der Waals surface area contributed by atoms with Crippen molar-refractivity contribution in [2.45, 2.75) is 58.0 Å². The Morgan fingerprint density at radius 3 is 2.64 bits per heavy atom. The summed E-state index contributed by atoms with van der Waals surface area (Å²) in [5.41, 5.74) is 0.692. The van der Waals surface area contributed by atoms with Crippen LogP contribution in [-0.4, -0.2) is 29.7 Å². The van der Waals surface area contributed by atoms with Crippen molar-refractivity contribution in [3.8, 4) is 0 Å². The average molecular weight is 384 g/mol. The van der Waals surface area contributed by atoms with Gasteiger partial charge in [-0.1, -0.05) is 42.6 Å². The highest BCUT2D eigenvalue weighted by Gasteiger charge is 2.54. The van der Waals surface area contributed by atoms with Crippen LogP contribution in [-0.2, 0) is 10.2 Å². The van der Waals surface area contributed by atoms with Gasteiger partial charge in [-0.05, 0) is 63.1 Å². The van der Waals surface area contributed by atoms with Crippen LogP contribution in [0, 0.1) is 11.8 Å². The van der Waals surface area contributed by atoms with Crippen LogP contribution in [0.1, 0.15) is 52.5 Å². The molecule has 1 unspecified atom stereocenters. The lowest BCUT2D eigenvalue weighted by molar-refractivity contribution is 0.0274. The Labute approximate surface area is 160 Å². The van der Waals surface area contributed by atoms with E-state index in [4.69, 9.17) is 27.9 Å². The normalized spacial score (nSPS) is 29.0. The number of likely N-dealkylation sites (tertiary alicyclic amines) is 1. The molecule has 1 aliphatic heterocycles. The number of benzene rings is 1. The minimum Gasteiger partial charge on any atom is -0.444 e. The van der Waals surface area contributed by atoms with Gasteiger partial charge in [-0.15, -0.1) is 0 Å². The molecular formula is C20H27Cl2NO2. The van der Waals surface area contributed by atoms with Crippen molar-refractivity contribution in [2.75, 3.05) is 13.1 Å². The van der Waals surface area contributed by atoms with E-state index in [2.05, 4.69) is 13.0 Å². The molecule has 1 aromatic carbocycles. The molecular weight excluding hydrogens is 357 g/mol. The van der Waals surface area contributed by atoms with Crippen molar-refractivity contribution in [3.63, 3.8) is 0 Å². The lowest BCUT2D eigenvalue weighted by Gasteiger charge is -2.31. The number of hydrogen-bond acceptors (Lipinski definition) is 2. The summed E-state index contributed by atoms with van der Waals surface area (Å²) in [6.07, 6.45) is 3.20. The van der Waals surface area contributed by atoms with Crippen molar-refractivity contribution in [2.24, 2.45) is 11.8 Å². The second kappa shape index (κ2) is 6.66. The van der Waals surface area contributed by atoms with Crippen LogP contribution < -0.4 is 0 Å². The lowest BCUT2D eigenvalue weighted by atomic mass is 9.74. The van der Waals surface area contributed by atoms with Gasteiger partial charge in [0.25, 0.3) is 0 Å². The number of ether oxygens (including phenoxy) is 1. The summed E-state index contributed by atoms with van der Waals surface area (Å²) < 4.78 is 5.60. The minimum atomic E-state index is -0.475. The van der Waals surface area contributed by atoms with E-state index < -0.39 is 5.60 Å². The molecule has 138 valence electrons. The zero-order valence-electron chi connectivity index (χ0n) is 15.4. The molecule has 5 heteroatoms. The maximum absolute atomic E-state index is 12.6. The molecule has 1 aliphatic carbocycles. The third-order valence-electron chi connectivity index (χ3n) is 5.69. The highest BCUT2D eigenvalue weighted by Crippen LogP contribution is 2.54. The molecule has 1 saturated carbocycles. The van der Waals surface area contributed by atoms with Crippen LogP contribution in [0.2, 0.25) is 10.0 Å². The molecule has 0 aromatic heterocycles. The monoisotopic (exact) mass is 383 g/mol. The number of rotatable bonds is 2. The summed E-state index contributed by atoms with van der Waals surface area (Å²) >= 11 is 12.4. The van der Waals surface area contributed by atoms with E-state index >= 15 is 0 Å². The molecule has 0 spiro atoms. The van der Waals surface area contributed by atoms with E-state index in [1.54, 1.807) is 0 Å². The zero-order valence-corrected chi connectivity index (χ0v) is 17.0. The quantitative estimate of drug-likeness (QED) is 0.634. The largest absolute Gasteiger partial charge is 0.444 e.